The molecular formula is C16H16BrFN2O. The van der Waals surface area contributed by atoms with Crippen molar-refractivity contribution >= 4 is 27.5 Å². The summed E-state index contributed by atoms with van der Waals surface area (Å²) in [6, 6.07) is 9.87. The molecule has 21 heavy (non-hydrogen) atoms. The van der Waals surface area contributed by atoms with Crippen molar-refractivity contribution < 1.29 is 9.18 Å². The maximum atomic E-state index is 12.9. The van der Waals surface area contributed by atoms with Gasteiger partial charge in [-0.2, -0.15) is 0 Å². The van der Waals surface area contributed by atoms with E-state index in [4.69, 9.17) is 0 Å². The van der Waals surface area contributed by atoms with Gasteiger partial charge in [0.15, 0.2) is 0 Å². The van der Waals surface area contributed by atoms with E-state index in [0.717, 1.165) is 16.6 Å². The number of hydrogen-bond donors (Lipinski definition) is 1. The number of halogens is 2. The Morgan fingerprint density at radius 3 is 2.57 bits per heavy atom. The van der Waals surface area contributed by atoms with Crippen LogP contribution in [0.25, 0.3) is 0 Å². The topological polar surface area (TPSA) is 42.0 Å². The highest BCUT2D eigenvalue weighted by molar-refractivity contribution is 9.10. The SMILES string of the molecule is CCC(CC(=O)Nc1ccc(Br)nc1)c1ccc(F)cc1. The maximum absolute atomic E-state index is 12.9. The second-order valence-electron chi connectivity index (χ2n) is 4.78. The Kier molecular flexibility index (Phi) is 5.44. The molecule has 0 radical (unpaired) electrons. The Labute approximate surface area is 131 Å². The van der Waals surface area contributed by atoms with Crippen LogP contribution in [0.1, 0.15) is 31.2 Å². The molecule has 1 N–H and O–H groups in total. The summed E-state index contributed by atoms with van der Waals surface area (Å²) in [5, 5.41) is 2.82. The molecule has 2 aromatic rings. The second-order valence-corrected chi connectivity index (χ2v) is 5.59. The van der Waals surface area contributed by atoms with Gasteiger partial charge in [-0.3, -0.25) is 4.79 Å². The maximum Gasteiger partial charge on any atom is 0.225 e. The number of nitrogens with zero attached hydrogens (tertiary/aromatic N) is 1. The summed E-state index contributed by atoms with van der Waals surface area (Å²) in [4.78, 5) is 16.1. The summed E-state index contributed by atoms with van der Waals surface area (Å²) in [6.45, 7) is 2.02. The van der Waals surface area contributed by atoms with E-state index in [1.807, 2.05) is 6.92 Å². The van der Waals surface area contributed by atoms with Crippen molar-refractivity contribution in [2.75, 3.05) is 5.32 Å². The van der Waals surface area contributed by atoms with Crippen molar-refractivity contribution in [3.63, 3.8) is 0 Å². The van der Waals surface area contributed by atoms with E-state index in [1.54, 1.807) is 30.5 Å². The van der Waals surface area contributed by atoms with Gasteiger partial charge in [-0.15, -0.1) is 0 Å². The first kappa shape index (κ1) is 15.6. The van der Waals surface area contributed by atoms with Crippen LogP contribution in [0.3, 0.4) is 0 Å². The molecule has 1 unspecified atom stereocenters. The lowest BCUT2D eigenvalue weighted by molar-refractivity contribution is -0.116. The molecule has 0 bridgehead atoms. The van der Waals surface area contributed by atoms with Gasteiger partial charge in [0, 0.05) is 6.42 Å². The molecular weight excluding hydrogens is 335 g/mol. The van der Waals surface area contributed by atoms with Crippen LogP contribution in [0, 0.1) is 5.82 Å². The molecule has 1 aromatic heterocycles. The summed E-state index contributed by atoms with van der Waals surface area (Å²) < 4.78 is 13.7. The fraction of sp³-hybridized carbons (Fsp3) is 0.250. The molecule has 5 heteroatoms. The molecule has 1 atom stereocenters. The number of anilines is 1. The van der Waals surface area contributed by atoms with Crippen LogP contribution in [0.15, 0.2) is 47.2 Å². The highest BCUT2D eigenvalue weighted by atomic mass is 79.9. The van der Waals surface area contributed by atoms with Crippen LogP contribution in [0.2, 0.25) is 0 Å². The Balaban J connectivity index is 1.99. The standard InChI is InChI=1S/C16H16BrFN2O/c1-2-11(12-3-5-13(18)6-4-12)9-16(21)20-14-7-8-15(17)19-10-14/h3-8,10-11H,2,9H2,1H3,(H,20,21). The molecule has 0 aliphatic carbocycles. The first-order valence-corrected chi connectivity index (χ1v) is 7.54. The van der Waals surface area contributed by atoms with E-state index in [9.17, 15) is 9.18 Å². The van der Waals surface area contributed by atoms with E-state index in [1.165, 1.54) is 12.1 Å². The Morgan fingerprint density at radius 1 is 1.29 bits per heavy atom. The number of nitrogens with one attached hydrogen (secondary N) is 1. The van der Waals surface area contributed by atoms with E-state index >= 15 is 0 Å². The first-order chi connectivity index (χ1) is 10.1. The van der Waals surface area contributed by atoms with E-state index < -0.39 is 0 Å². The van der Waals surface area contributed by atoms with Crippen molar-refractivity contribution in [3.05, 3.63) is 58.6 Å². The van der Waals surface area contributed by atoms with Crippen LogP contribution in [0.5, 0.6) is 0 Å². The Hall–Kier alpha value is -1.75. The molecule has 3 nitrogen and oxygen atoms in total. The van der Waals surface area contributed by atoms with Gasteiger partial charge in [0.05, 0.1) is 11.9 Å². The quantitative estimate of drug-likeness (QED) is 0.806. The molecule has 1 aromatic carbocycles. The highest BCUT2D eigenvalue weighted by Crippen LogP contribution is 2.24. The molecule has 0 saturated carbocycles. The summed E-state index contributed by atoms with van der Waals surface area (Å²) in [5.74, 6) is -0.261. The average Bonchev–Trinajstić information content (AvgIpc) is 2.48. The predicted molar refractivity (Wildman–Crippen MR) is 84.6 cm³/mol. The second kappa shape index (κ2) is 7.31. The number of amides is 1. The van der Waals surface area contributed by atoms with Gasteiger partial charge in [0.2, 0.25) is 5.91 Å². The van der Waals surface area contributed by atoms with Gasteiger partial charge < -0.3 is 5.32 Å². The van der Waals surface area contributed by atoms with Crippen LogP contribution in [-0.2, 0) is 4.79 Å². The molecule has 0 aliphatic rings. The van der Waals surface area contributed by atoms with E-state index in [-0.39, 0.29) is 17.6 Å². The Morgan fingerprint density at radius 2 is 2.00 bits per heavy atom. The minimum atomic E-state index is -0.265. The van der Waals surface area contributed by atoms with Crippen molar-refractivity contribution in [1.82, 2.24) is 4.98 Å². The number of carbonyl (C=O) groups is 1. The zero-order chi connectivity index (χ0) is 15.2. The minimum absolute atomic E-state index is 0.0738. The zero-order valence-electron chi connectivity index (χ0n) is 11.6. The van der Waals surface area contributed by atoms with Gasteiger partial charge in [0.25, 0.3) is 0 Å². The fourth-order valence-corrected chi connectivity index (χ4v) is 2.35. The van der Waals surface area contributed by atoms with E-state index in [2.05, 4.69) is 26.2 Å². The average molecular weight is 351 g/mol. The molecule has 0 spiro atoms. The number of aromatic nitrogens is 1. The summed E-state index contributed by atoms with van der Waals surface area (Å²) >= 11 is 3.25. The van der Waals surface area contributed by atoms with Gasteiger partial charge in [-0.25, -0.2) is 9.37 Å². The molecule has 0 fully saturated rings. The van der Waals surface area contributed by atoms with Gasteiger partial charge in [0.1, 0.15) is 10.4 Å². The van der Waals surface area contributed by atoms with Gasteiger partial charge >= 0.3 is 0 Å². The summed E-state index contributed by atoms with van der Waals surface area (Å²) in [7, 11) is 0. The number of carbonyl (C=O) groups excluding carboxylic acids is 1. The van der Waals surface area contributed by atoms with Gasteiger partial charge in [-0.1, -0.05) is 19.1 Å². The summed E-state index contributed by atoms with van der Waals surface area (Å²) in [6.07, 6.45) is 2.77. The van der Waals surface area contributed by atoms with Crippen molar-refractivity contribution in [2.45, 2.75) is 25.7 Å². The lowest BCUT2D eigenvalue weighted by Gasteiger charge is -2.15. The highest BCUT2D eigenvalue weighted by Gasteiger charge is 2.14. The van der Waals surface area contributed by atoms with Crippen LogP contribution >= 0.6 is 15.9 Å². The molecule has 2 rings (SSSR count). The number of rotatable bonds is 5. The van der Waals surface area contributed by atoms with Crippen LogP contribution in [-0.4, -0.2) is 10.9 Å². The normalized spacial score (nSPS) is 12.0. The van der Waals surface area contributed by atoms with E-state index in [0.29, 0.717) is 12.1 Å². The van der Waals surface area contributed by atoms with Crippen molar-refractivity contribution in [2.24, 2.45) is 0 Å². The fourth-order valence-electron chi connectivity index (χ4n) is 2.12. The van der Waals surface area contributed by atoms with Crippen LogP contribution < -0.4 is 5.32 Å². The first-order valence-electron chi connectivity index (χ1n) is 6.75. The number of benzene rings is 1. The number of pyridine rings is 1. The molecule has 0 aliphatic heterocycles. The minimum Gasteiger partial charge on any atom is -0.325 e. The third-order valence-corrected chi connectivity index (χ3v) is 3.75. The number of hydrogen-bond acceptors (Lipinski definition) is 2. The molecule has 1 heterocycles. The third kappa shape index (κ3) is 4.63. The van der Waals surface area contributed by atoms with Crippen LogP contribution in [0.4, 0.5) is 10.1 Å². The monoisotopic (exact) mass is 350 g/mol. The molecule has 1 amide bonds. The third-order valence-electron chi connectivity index (χ3n) is 3.28. The van der Waals surface area contributed by atoms with Gasteiger partial charge in [-0.05, 0) is 58.1 Å². The molecule has 0 saturated heterocycles. The Bertz CT molecular complexity index is 599. The predicted octanol–water partition coefficient (Wildman–Crippen LogP) is 4.51. The smallest absolute Gasteiger partial charge is 0.225 e. The zero-order valence-corrected chi connectivity index (χ0v) is 13.2. The van der Waals surface area contributed by atoms with Crippen molar-refractivity contribution in [3.8, 4) is 0 Å². The largest absolute Gasteiger partial charge is 0.325 e. The van der Waals surface area contributed by atoms with Crippen molar-refractivity contribution in [1.29, 1.82) is 0 Å². The lowest BCUT2D eigenvalue weighted by atomic mass is 9.93. The molecule has 110 valence electrons. The summed E-state index contributed by atoms with van der Waals surface area (Å²) in [5.41, 5.74) is 1.64. The lowest BCUT2D eigenvalue weighted by Crippen LogP contribution is -2.15.